The van der Waals surface area contributed by atoms with Crippen molar-refractivity contribution in [2.75, 3.05) is 0 Å². The summed E-state index contributed by atoms with van der Waals surface area (Å²) in [5.74, 6) is -0.152. The second kappa shape index (κ2) is 6.71. The zero-order valence-electron chi connectivity index (χ0n) is 11.8. The normalized spacial score (nSPS) is 10.7. The minimum absolute atomic E-state index is 0.152. The number of ketones is 1. The Morgan fingerprint density at radius 2 is 1.74 bits per heavy atom. The summed E-state index contributed by atoms with van der Waals surface area (Å²) in [6.07, 6.45) is 0. The number of rotatable bonds is 4. The first-order valence-corrected chi connectivity index (χ1v) is 8.32. The fraction of sp³-hybridized carbons (Fsp3) is 0.0588. The van der Waals surface area contributed by atoms with Crippen LogP contribution in [0.15, 0.2) is 59.4 Å². The van der Waals surface area contributed by atoms with E-state index in [1.807, 2.05) is 6.07 Å². The van der Waals surface area contributed by atoms with Gasteiger partial charge in [-0.05, 0) is 17.7 Å². The minimum Gasteiger partial charge on any atom is -0.288 e. The maximum atomic E-state index is 12.4. The molecule has 1 aromatic heterocycles. The fourth-order valence-electron chi connectivity index (χ4n) is 2.13. The zero-order valence-corrected chi connectivity index (χ0v) is 14.2. The summed E-state index contributed by atoms with van der Waals surface area (Å²) in [7, 11) is 0. The third-order valence-corrected chi connectivity index (χ3v) is 5.05. The molecule has 3 aromatic rings. The van der Waals surface area contributed by atoms with Crippen LogP contribution in [-0.2, 0) is 6.54 Å². The second-order valence-corrected chi connectivity index (χ2v) is 6.80. The Bertz CT molecular complexity index is 916. The molecular formula is C17H11Cl2NO2S. The van der Waals surface area contributed by atoms with Gasteiger partial charge in [0.2, 0.25) is 5.78 Å². The van der Waals surface area contributed by atoms with Crippen LogP contribution in [-0.4, -0.2) is 9.74 Å². The highest BCUT2D eigenvalue weighted by Crippen LogP contribution is 2.23. The van der Waals surface area contributed by atoms with E-state index in [1.165, 1.54) is 10.0 Å². The predicted octanol–water partition coefficient (Wildman–Crippen LogP) is 4.50. The van der Waals surface area contributed by atoms with E-state index < -0.39 is 0 Å². The van der Waals surface area contributed by atoms with Crippen LogP contribution in [0, 0.1) is 0 Å². The molecule has 3 nitrogen and oxygen atoms in total. The van der Waals surface area contributed by atoms with Gasteiger partial charge in [-0.1, -0.05) is 71.1 Å². The highest BCUT2D eigenvalue weighted by Gasteiger charge is 2.14. The number of nitrogens with zero attached hydrogens (tertiary/aromatic N) is 1. The summed E-state index contributed by atoms with van der Waals surface area (Å²) in [6, 6.07) is 15.5. The first-order chi connectivity index (χ1) is 11.0. The summed E-state index contributed by atoms with van der Waals surface area (Å²) < 4.78 is 1.52. The van der Waals surface area contributed by atoms with Crippen molar-refractivity contribution in [2.24, 2.45) is 0 Å². The molecule has 3 rings (SSSR count). The Labute approximate surface area is 146 Å². The average Bonchev–Trinajstić information content (AvgIpc) is 2.92. The largest absolute Gasteiger partial charge is 0.288 e. The lowest BCUT2D eigenvalue weighted by Crippen LogP contribution is -2.12. The molecule has 0 radical (unpaired) electrons. The molecule has 116 valence electrons. The number of carbonyl (C=O) groups excluding carboxylic acids is 1. The van der Waals surface area contributed by atoms with Crippen molar-refractivity contribution < 1.29 is 4.79 Å². The number of halogens is 2. The van der Waals surface area contributed by atoms with E-state index in [2.05, 4.69) is 0 Å². The van der Waals surface area contributed by atoms with Gasteiger partial charge in [0, 0.05) is 11.6 Å². The minimum atomic E-state index is -0.208. The van der Waals surface area contributed by atoms with Gasteiger partial charge in [-0.15, -0.1) is 0 Å². The van der Waals surface area contributed by atoms with Gasteiger partial charge in [-0.3, -0.25) is 13.5 Å². The molecular weight excluding hydrogens is 353 g/mol. The summed E-state index contributed by atoms with van der Waals surface area (Å²) >= 11 is 13.0. The molecule has 6 heteroatoms. The molecule has 0 aliphatic carbocycles. The zero-order chi connectivity index (χ0) is 16.4. The van der Waals surface area contributed by atoms with Crippen molar-refractivity contribution in [3.8, 4) is 0 Å². The first-order valence-electron chi connectivity index (χ1n) is 6.79. The molecule has 0 N–H and O–H groups in total. The van der Waals surface area contributed by atoms with Gasteiger partial charge in [-0.2, -0.15) is 0 Å². The lowest BCUT2D eigenvalue weighted by atomic mass is 10.1. The molecule has 0 unspecified atom stereocenters. The highest BCUT2D eigenvalue weighted by molar-refractivity contribution is 7.08. The van der Waals surface area contributed by atoms with Crippen molar-refractivity contribution >= 4 is 40.5 Å². The van der Waals surface area contributed by atoms with E-state index in [-0.39, 0.29) is 11.3 Å². The standard InChI is InChI=1S/C17H11Cl2NO2S/c18-13-7-6-11(8-14(13)19)10-20-16(21)9-15(23-20)17(22)12-4-2-1-3-5-12/h1-9H,10H2. The predicted molar refractivity (Wildman–Crippen MR) is 94.0 cm³/mol. The van der Waals surface area contributed by atoms with E-state index in [9.17, 15) is 9.59 Å². The molecule has 0 saturated heterocycles. The highest BCUT2D eigenvalue weighted by atomic mass is 35.5. The first kappa shape index (κ1) is 16.0. The van der Waals surface area contributed by atoms with Crippen molar-refractivity contribution in [1.82, 2.24) is 3.96 Å². The number of hydrogen-bond acceptors (Lipinski definition) is 3. The monoisotopic (exact) mass is 363 g/mol. The molecule has 0 amide bonds. The van der Waals surface area contributed by atoms with Gasteiger partial charge >= 0.3 is 0 Å². The van der Waals surface area contributed by atoms with Gasteiger partial charge < -0.3 is 0 Å². The van der Waals surface area contributed by atoms with E-state index in [1.54, 1.807) is 42.5 Å². The van der Waals surface area contributed by atoms with E-state index in [4.69, 9.17) is 23.2 Å². The summed E-state index contributed by atoms with van der Waals surface area (Å²) in [6.45, 7) is 0.350. The topological polar surface area (TPSA) is 39.1 Å². The van der Waals surface area contributed by atoms with Crippen molar-refractivity contribution in [2.45, 2.75) is 6.54 Å². The third kappa shape index (κ3) is 3.55. The van der Waals surface area contributed by atoms with Crippen molar-refractivity contribution in [3.63, 3.8) is 0 Å². The fourth-order valence-corrected chi connectivity index (χ4v) is 3.40. The van der Waals surface area contributed by atoms with Crippen molar-refractivity contribution in [3.05, 3.63) is 91.0 Å². The Hall–Kier alpha value is -1.88. The van der Waals surface area contributed by atoms with Gasteiger partial charge in [0.1, 0.15) is 0 Å². The summed E-state index contributed by atoms with van der Waals surface area (Å²) in [5.41, 5.74) is 1.21. The van der Waals surface area contributed by atoms with E-state index in [0.29, 0.717) is 27.0 Å². The second-order valence-electron chi connectivity index (χ2n) is 4.92. The van der Waals surface area contributed by atoms with Gasteiger partial charge in [-0.25, -0.2) is 0 Å². The van der Waals surface area contributed by atoms with Crippen LogP contribution >= 0.6 is 34.7 Å². The Kier molecular flexibility index (Phi) is 4.66. The maximum Gasteiger partial charge on any atom is 0.261 e. The van der Waals surface area contributed by atoms with Gasteiger partial charge in [0.25, 0.3) is 5.56 Å². The number of aromatic nitrogens is 1. The van der Waals surface area contributed by atoms with E-state index >= 15 is 0 Å². The molecule has 0 saturated carbocycles. The molecule has 0 spiro atoms. The van der Waals surface area contributed by atoms with E-state index in [0.717, 1.165) is 17.1 Å². The van der Waals surface area contributed by atoms with Crippen molar-refractivity contribution in [1.29, 1.82) is 0 Å². The van der Waals surface area contributed by atoms with Crippen LogP contribution in [0.5, 0.6) is 0 Å². The molecule has 0 atom stereocenters. The van der Waals surface area contributed by atoms with Crippen LogP contribution in [0.3, 0.4) is 0 Å². The summed E-state index contributed by atoms with van der Waals surface area (Å²) in [4.78, 5) is 24.9. The van der Waals surface area contributed by atoms with Gasteiger partial charge in [0.05, 0.1) is 21.5 Å². The smallest absolute Gasteiger partial charge is 0.261 e. The molecule has 23 heavy (non-hydrogen) atoms. The third-order valence-electron chi connectivity index (χ3n) is 3.28. The average molecular weight is 364 g/mol. The number of hydrogen-bond donors (Lipinski definition) is 0. The Balaban J connectivity index is 1.88. The van der Waals surface area contributed by atoms with Crippen LogP contribution < -0.4 is 5.56 Å². The molecule has 0 aliphatic rings. The lowest BCUT2D eigenvalue weighted by Gasteiger charge is -2.03. The van der Waals surface area contributed by atoms with Crippen LogP contribution in [0.4, 0.5) is 0 Å². The number of benzene rings is 2. The lowest BCUT2D eigenvalue weighted by molar-refractivity contribution is 0.104. The molecule has 0 aliphatic heterocycles. The van der Waals surface area contributed by atoms with Crippen LogP contribution in [0.1, 0.15) is 20.8 Å². The quantitative estimate of drug-likeness (QED) is 0.640. The maximum absolute atomic E-state index is 12.4. The SMILES string of the molecule is O=C(c1ccccc1)c1cc(=O)n(Cc2ccc(Cl)c(Cl)c2)s1. The van der Waals surface area contributed by atoms with Gasteiger partial charge in [0.15, 0.2) is 0 Å². The van der Waals surface area contributed by atoms with Crippen LogP contribution in [0.2, 0.25) is 10.0 Å². The molecule has 1 heterocycles. The molecule has 2 aromatic carbocycles. The Morgan fingerprint density at radius 1 is 1.00 bits per heavy atom. The Morgan fingerprint density at radius 3 is 2.43 bits per heavy atom. The number of carbonyl (C=O) groups is 1. The van der Waals surface area contributed by atoms with Crippen LogP contribution in [0.25, 0.3) is 0 Å². The molecule has 0 fully saturated rings. The summed E-state index contributed by atoms with van der Waals surface area (Å²) in [5, 5.41) is 0.906. The molecule has 0 bridgehead atoms.